The molecule has 2 nitrogen and oxygen atoms in total. The quantitative estimate of drug-likeness (QED) is 0.679. The van der Waals surface area contributed by atoms with E-state index in [1.54, 1.807) is 18.2 Å². The van der Waals surface area contributed by atoms with E-state index in [9.17, 15) is 9.00 Å². The van der Waals surface area contributed by atoms with Crippen LogP contribution >= 0.6 is 0 Å². The predicted molar refractivity (Wildman–Crippen MR) is 80.5 cm³/mol. The fraction of sp³-hybridized carbons (Fsp3) is 0.312. The predicted octanol–water partition coefficient (Wildman–Crippen LogP) is 3.66. The molecule has 1 aromatic rings. The minimum atomic E-state index is -1.32. The Balaban J connectivity index is 2.82. The van der Waals surface area contributed by atoms with Gasteiger partial charge in [0.2, 0.25) is 0 Å². The van der Waals surface area contributed by atoms with Crippen LogP contribution in [-0.2, 0) is 15.6 Å². The van der Waals surface area contributed by atoms with E-state index in [1.165, 1.54) is 0 Å². The number of hydrogen-bond acceptors (Lipinski definition) is 2. The third-order valence-corrected chi connectivity index (χ3v) is 4.48. The summed E-state index contributed by atoms with van der Waals surface area (Å²) in [6.45, 7) is 9.33. The highest BCUT2D eigenvalue weighted by molar-refractivity contribution is 7.86. The third-order valence-electron chi connectivity index (χ3n) is 2.77. The lowest BCUT2D eigenvalue weighted by Crippen LogP contribution is -2.25. The minimum absolute atomic E-state index is 0.0186. The molecule has 0 heterocycles. The number of hydrogen-bond donors (Lipinski definition) is 0. The largest absolute Gasteiger partial charge is 0.298 e. The average Bonchev–Trinajstić information content (AvgIpc) is 2.42. The van der Waals surface area contributed by atoms with Crippen LogP contribution in [0.15, 0.2) is 60.0 Å². The van der Waals surface area contributed by atoms with E-state index in [2.05, 4.69) is 13.2 Å². The normalized spacial score (nSPS) is 13.5. The Morgan fingerprint density at radius 3 is 2.47 bits per heavy atom. The van der Waals surface area contributed by atoms with E-state index in [1.807, 2.05) is 25.1 Å². The molecule has 2 atom stereocenters. The highest BCUT2D eigenvalue weighted by Crippen LogP contribution is 2.17. The van der Waals surface area contributed by atoms with Crippen molar-refractivity contribution < 1.29 is 9.00 Å². The van der Waals surface area contributed by atoms with Gasteiger partial charge in [-0.1, -0.05) is 29.8 Å². The Hall–Kier alpha value is -1.48. The molecular formula is C16H20O2S. The first-order chi connectivity index (χ1) is 9.06. The number of benzene rings is 1. The van der Waals surface area contributed by atoms with Crippen molar-refractivity contribution in [1.82, 2.24) is 0 Å². The number of carbonyl (C=O) groups excluding carboxylic acids is 1. The Morgan fingerprint density at radius 1 is 1.32 bits per heavy atom. The van der Waals surface area contributed by atoms with Crippen LogP contribution in [0.1, 0.15) is 26.2 Å². The molecule has 0 aliphatic heterocycles. The second-order valence-electron chi connectivity index (χ2n) is 4.55. The molecule has 2 unspecified atom stereocenters. The Kier molecular flexibility index (Phi) is 6.43. The Labute approximate surface area is 117 Å². The van der Waals surface area contributed by atoms with Crippen molar-refractivity contribution in [1.29, 1.82) is 0 Å². The highest BCUT2D eigenvalue weighted by Gasteiger charge is 2.24. The molecule has 0 bridgehead atoms. The van der Waals surface area contributed by atoms with Gasteiger partial charge in [-0.3, -0.25) is 9.00 Å². The molecule has 1 aromatic carbocycles. The SMILES string of the molecule is C=CCC(C(=O)CCC(=C)C)S(=O)c1ccccc1. The summed E-state index contributed by atoms with van der Waals surface area (Å²) < 4.78 is 12.4. The van der Waals surface area contributed by atoms with Gasteiger partial charge in [0.25, 0.3) is 0 Å². The van der Waals surface area contributed by atoms with E-state index >= 15 is 0 Å². The standard InChI is InChI=1S/C16H20O2S/c1-4-8-16(15(17)12-11-13(2)3)19(18)14-9-6-5-7-10-14/h4-7,9-10,16H,1-2,8,11-12H2,3H3. The Morgan fingerprint density at radius 2 is 1.95 bits per heavy atom. The molecule has 1 rings (SSSR count). The number of rotatable bonds is 8. The second kappa shape index (κ2) is 7.85. The first-order valence-electron chi connectivity index (χ1n) is 6.30. The van der Waals surface area contributed by atoms with Crippen molar-refractivity contribution in [2.75, 3.05) is 0 Å². The van der Waals surface area contributed by atoms with Crippen molar-refractivity contribution in [3.8, 4) is 0 Å². The molecule has 102 valence electrons. The molecule has 0 amide bonds. The monoisotopic (exact) mass is 276 g/mol. The van der Waals surface area contributed by atoms with Crippen LogP contribution in [0.2, 0.25) is 0 Å². The zero-order chi connectivity index (χ0) is 14.3. The van der Waals surface area contributed by atoms with Gasteiger partial charge in [-0.25, -0.2) is 0 Å². The van der Waals surface area contributed by atoms with Crippen LogP contribution in [0.5, 0.6) is 0 Å². The van der Waals surface area contributed by atoms with Crippen molar-refractivity contribution in [3.63, 3.8) is 0 Å². The maximum atomic E-state index is 12.4. The van der Waals surface area contributed by atoms with E-state index in [-0.39, 0.29) is 5.78 Å². The molecule has 0 aliphatic carbocycles. The zero-order valence-electron chi connectivity index (χ0n) is 11.3. The second-order valence-corrected chi connectivity index (χ2v) is 6.18. The summed E-state index contributed by atoms with van der Waals surface area (Å²) in [7, 11) is -1.32. The van der Waals surface area contributed by atoms with Crippen molar-refractivity contribution in [2.24, 2.45) is 0 Å². The van der Waals surface area contributed by atoms with E-state index in [4.69, 9.17) is 0 Å². The molecule has 0 aliphatic rings. The molecule has 3 heteroatoms. The van der Waals surface area contributed by atoms with Crippen molar-refractivity contribution in [2.45, 2.75) is 36.3 Å². The topological polar surface area (TPSA) is 34.1 Å². The fourth-order valence-electron chi connectivity index (χ4n) is 1.71. The summed E-state index contributed by atoms with van der Waals surface area (Å²) >= 11 is 0. The van der Waals surface area contributed by atoms with Gasteiger partial charge in [-0.15, -0.1) is 13.2 Å². The number of carbonyl (C=O) groups is 1. The van der Waals surface area contributed by atoms with Gasteiger partial charge in [-0.2, -0.15) is 0 Å². The molecule has 0 aromatic heterocycles. The van der Waals surface area contributed by atoms with Crippen LogP contribution in [0, 0.1) is 0 Å². The summed E-state index contributed by atoms with van der Waals surface area (Å²) in [5.41, 5.74) is 0.969. The van der Waals surface area contributed by atoms with Crippen LogP contribution in [0.4, 0.5) is 0 Å². The van der Waals surface area contributed by atoms with E-state index < -0.39 is 16.0 Å². The number of ketones is 1. The first kappa shape index (κ1) is 15.6. The van der Waals surface area contributed by atoms with Crippen LogP contribution < -0.4 is 0 Å². The third kappa shape index (κ3) is 4.95. The lowest BCUT2D eigenvalue weighted by atomic mass is 10.1. The van der Waals surface area contributed by atoms with E-state index in [0.717, 1.165) is 5.57 Å². The first-order valence-corrected chi connectivity index (χ1v) is 7.51. The summed E-state index contributed by atoms with van der Waals surface area (Å²) in [4.78, 5) is 12.9. The molecule has 0 N–H and O–H groups in total. The number of Topliss-reactive ketones (excluding diaryl/α,β-unsaturated/α-hetero) is 1. The molecule has 0 saturated heterocycles. The van der Waals surface area contributed by atoms with Gasteiger partial charge >= 0.3 is 0 Å². The summed E-state index contributed by atoms with van der Waals surface area (Å²) in [6, 6.07) is 9.11. The highest BCUT2D eigenvalue weighted by atomic mass is 32.2. The van der Waals surface area contributed by atoms with Gasteiger partial charge in [0.05, 0.1) is 10.8 Å². The van der Waals surface area contributed by atoms with Crippen LogP contribution in [-0.4, -0.2) is 15.2 Å². The van der Waals surface area contributed by atoms with E-state index in [0.29, 0.717) is 24.2 Å². The van der Waals surface area contributed by atoms with Crippen LogP contribution in [0.3, 0.4) is 0 Å². The lowest BCUT2D eigenvalue weighted by molar-refractivity contribution is -0.118. The summed E-state index contributed by atoms with van der Waals surface area (Å²) in [6.07, 6.45) is 3.14. The van der Waals surface area contributed by atoms with Crippen molar-refractivity contribution >= 4 is 16.6 Å². The molecular weight excluding hydrogens is 256 g/mol. The number of allylic oxidation sites excluding steroid dienone is 2. The maximum absolute atomic E-state index is 12.4. The van der Waals surface area contributed by atoms with Gasteiger partial charge in [-0.05, 0) is 31.9 Å². The summed E-state index contributed by atoms with van der Waals surface area (Å²) in [5.74, 6) is 0.0186. The fourth-order valence-corrected chi connectivity index (χ4v) is 3.13. The van der Waals surface area contributed by atoms with Gasteiger partial charge < -0.3 is 0 Å². The molecule has 0 fully saturated rings. The van der Waals surface area contributed by atoms with Gasteiger partial charge in [0.15, 0.2) is 0 Å². The molecule has 0 spiro atoms. The lowest BCUT2D eigenvalue weighted by Gasteiger charge is -2.14. The average molecular weight is 276 g/mol. The Bertz CT molecular complexity index is 477. The van der Waals surface area contributed by atoms with Gasteiger partial charge in [0.1, 0.15) is 11.0 Å². The smallest absolute Gasteiger partial charge is 0.149 e. The molecule has 19 heavy (non-hydrogen) atoms. The van der Waals surface area contributed by atoms with Crippen molar-refractivity contribution in [3.05, 3.63) is 55.1 Å². The molecule has 0 saturated carbocycles. The summed E-state index contributed by atoms with van der Waals surface area (Å²) in [5, 5.41) is -0.501. The van der Waals surface area contributed by atoms with Gasteiger partial charge in [0, 0.05) is 11.3 Å². The maximum Gasteiger partial charge on any atom is 0.149 e. The minimum Gasteiger partial charge on any atom is -0.298 e. The zero-order valence-corrected chi connectivity index (χ0v) is 12.1. The molecule has 0 radical (unpaired) electrons. The van der Waals surface area contributed by atoms with Crippen LogP contribution in [0.25, 0.3) is 0 Å².